The fourth-order valence-corrected chi connectivity index (χ4v) is 2.41. The summed E-state index contributed by atoms with van der Waals surface area (Å²) in [5.41, 5.74) is 0.139. The number of aromatic nitrogens is 3. The maximum Gasteiger partial charge on any atom is 0.288 e. The third-order valence-corrected chi connectivity index (χ3v) is 3.80. The molecule has 132 valence electrons. The molecular formula is C16H15ClF2N4O2. The second-order valence-corrected chi connectivity index (χ2v) is 6.20. The van der Waals surface area contributed by atoms with Crippen molar-refractivity contribution in [3.63, 3.8) is 0 Å². The van der Waals surface area contributed by atoms with E-state index in [0.717, 1.165) is 19.0 Å². The van der Waals surface area contributed by atoms with E-state index in [4.69, 9.17) is 16.3 Å². The molecule has 25 heavy (non-hydrogen) atoms. The number of hydrogen-bond acceptors (Lipinski definition) is 5. The van der Waals surface area contributed by atoms with Gasteiger partial charge >= 0.3 is 0 Å². The Kier molecular flexibility index (Phi) is 4.80. The summed E-state index contributed by atoms with van der Waals surface area (Å²) in [6.45, 7) is 0.822. The van der Waals surface area contributed by atoms with Gasteiger partial charge in [-0.15, -0.1) is 0 Å². The van der Waals surface area contributed by atoms with Crippen LogP contribution in [0.15, 0.2) is 24.8 Å². The van der Waals surface area contributed by atoms with Gasteiger partial charge in [-0.3, -0.25) is 9.78 Å². The lowest BCUT2D eigenvalue weighted by atomic mass is 10.2. The minimum Gasteiger partial charge on any atom is -0.474 e. The topological polar surface area (TPSA) is 77.0 Å². The fraction of sp³-hybridized carbons (Fsp3) is 0.375. The van der Waals surface area contributed by atoms with Crippen molar-refractivity contribution < 1.29 is 18.3 Å². The molecule has 1 saturated carbocycles. The second-order valence-electron chi connectivity index (χ2n) is 5.80. The van der Waals surface area contributed by atoms with Crippen molar-refractivity contribution in [3.05, 3.63) is 46.6 Å². The van der Waals surface area contributed by atoms with Gasteiger partial charge in [0.05, 0.1) is 16.1 Å². The van der Waals surface area contributed by atoms with E-state index < -0.39 is 17.5 Å². The first-order valence-corrected chi connectivity index (χ1v) is 8.00. The predicted octanol–water partition coefficient (Wildman–Crippen LogP) is 3.11. The molecule has 9 heteroatoms. The number of carbonyl (C=O) groups is 1. The highest BCUT2D eigenvalue weighted by molar-refractivity contribution is 6.31. The standard InChI is InChI=1S/C16H15ClF2N4O2/c1-16(18,19)13-12(17)4-9(6-21-13)14(24)22-7-10-5-20-8-23-15(10)25-11-2-3-11/h4-6,8,11H,2-3,7H2,1H3,(H,22,24). The Morgan fingerprint density at radius 1 is 1.40 bits per heavy atom. The van der Waals surface area contributed by atoms with Crippen LogP contribution >= 0.6 is 11.6 Å². The number of nitrogens with one attached hydrogen (secondary N) is 1. The summed E-state index contributed by atoms with van der Waals surface area (Å²) in [4.78, 5) is 23.8. The number of alkyl halides is 2. The Balaban J connectivity index is 1.68. The summed E-state index contributed by atoms with van der Waals surface area (Å²) in [6, 6.07) is 1.17. The Bertz CT molecular complexity index is 794. The zero-order valence-electron chi connectivity index (χ0n) is 13.3. The van der Waals surface area contributed by atoms with Gasteiger partial charge in [-0.05, 0) is 18.9 Å². The van der Waals surface area contributed by atoms with Gasteiger partial charge in [-0.2, -0.15) is 8.78 Å². The van der Waals surface area contributed by atoms with Crippen LogP contribution in [-0.2, 0) is 12.5 Å². The first-order chi connectivity index (χ1) is 11.8. The number of carbonyl (C=O) groups excluding carboxylic acids is 1. The van der Waals surface area contributed by atoms with Crippen LogP contribution in [0.3, 0.4) is 0 Å². The Morgan fingerprint density at radius 2 is 2.16 bits per heavy atom. The van der Waals surface area contributed by atoms with Crippen LogP contribution in [0.1, 0.15) is 41.4 Å². The molecule has 2 aromatic rings. The van der Waals surface area contributed by atoms with Crippen LogP contribution in [-0.4, -0.2) is 27.0 Å². The van der Waals surface area contributed by atoms with E-state index in [0.29, 0.717) is 18.4 Å². The predicted molar refractivity (Wildman–Crippen MR) is 85.7 cm³/mol. The van der Waals surface area contributed by atoms with Crippen molar-refractivity contribution in [1.29, 1.82) is 0 Å². The average molecular weight is 369 g/mol. The van der Waals surface area contributed by atoms with E-state index in [1.807, 2.05) is 0 Å². The molecule has 0 radical (unpaired) electrons. The first-order valence-electron chi connectivity index (χ1n) is 7.62. The fourth-order valence-electron chi connectivity index (χ4n) is 2.08. The molecular weight excluding hydrogens is 354 g/mol. The zero-order chi connectivity index (χ0) is 18.0. The molecule has 0 aromatic carbocycles. The van der Waals surface area contributed by atoms with Crippen LogP contribution in [0.2, 0.25) is 5.02 Å². The molecule has 0 saturated heterocycles. The summed E-state index contributed by atoms with van der Waals surface area (Å²) in [6.07, 6.45) is 6.11. The molecule has 6 nitrogen and oxygen atoms in total. The van der Waals surface area contributed by atoms with Gasteiger partial charge in [0.1, 0.15) is 18.1 Å². The SMILES string of the molecule is CC(F)(F)c1ncc(C(=O)NCc2cncnc2OC2CC2)cc1Cl. The minimum atomic E-state index is -3.18. The van der Waals surface area contributed by atoms with Gasteiger partial charge in [0, 0.05) is 25.9 Å². The normalized spacial score (nSPS) is 14.2. The molecule has 0 aliphatic heterocycles. The molecule has 0 atom stereocenters. The van der Waals surface area contributed by atoms with Crippen molar-refractivity contribution >= 4 is 17.5 Å². The van der Waals surface area contributed by atoms with Crippen LogP contribution in [0.25, 0.3) is 0 Å². The summed E-state index contributed by atoms with van der Waals surface area (Å²) in [5.74, 6) is -3.25. The molecule has 0 unspecified atom stereocenters. The molecule has 1 aliphatic rings. The number of amides is 1. The van der Waals surface area contributed by atoms with Gasteiger partial charge in [0.2, 0.25) is 5.88 Å². The first kappa shape index (κ1) is 17.5. The van der Waals surface area contributed by atoms with Crippen molar-refractivity contribution in [1.82, 2.24) is 20.3 Å². The lowest BCUT2D eigenvalue weighted by Gasteiger charge is -2.13. The van der Waals surface area contributed by atoms with Gasteiger partial charge in [0.25, 0.3) is 11.8 Å². The molecule has 1 amide bonds. The number of nitrogens with zero attached hydrogens (tertiary/aromatic N) is 3. The smallest absolute Gasteiger partial charge is 0.288 e. The second kappa shape index (κ2) is 6.87. The lowest BCUT2D eigenvalue weighted by molar-refractivity contribution is 0.0128. The Labute approximate surface area is 147 Å². The lowest BCUT2D eigenvalue weighted by Crippen LogP contribution is -2.24. The molecule has 2 aromatic heterocycles. The number of rotatable bonds is 6. The number of pyridine rings is 1. The van der Waals surface area contributed by atoms with E-state index >= 15 is 0 Å². The highest BCUT2D eigenvalue weighted by atomic mass is 35.5. The molecule has 0 bridgehead atoms. The van der Waals surface area contributed by atoms with E-state index in [9.17, 15) is 13.6 Å². The molecule has 2 heterocycles. The summed E-state index contributed by atoms with van der Waals surface area (Å²) < 4.78 is 32.2. The minimum absolute atomic E-state index is 0.0829. The third kappa shape index (κ3) is 4.39. The van der Waals surface area contributed by atoms with E-state index in [2.05, 4.69) is 20.3 Å². The van der Waals surface area contributed by atoms with Crippen molar-refractivity contribution in [2.24, 2.45) is 0 Å². The van der Waals surface area contributed by atoms with Crippen molar-refractivity contribution in [3.8, 4) is 5.88 Å². The van der Waals surface area contributed by atoms with Crippen LogP contribution in [0.4, 0.5) is 8.78 Å². The van der Waals surface area contributed by atoms with Crippen LogP contribution < -0.4 is 10.1 Å². The quantitative estimate of drug-likeness (QED) is 0.847. The number of ether oxygens (including phenoxy) is 1. The molecule has 1 aliphatic carbocycles. The zero-order valence-corrected chi connectivity index (χ0v) is 14.1. The van der Waals surface area contributed by atoms with Gasteiger partial charge in [-0.25, -0.2) is 9.97 Å². The van der Waals surface area contributed by atoms with Gasteiger partial charge in [-0.1, -0.05) is 11.6 Å². The molecule has 3 rings (SSSR count). The maximum atomic E-state index is 13.3. The highest BCUT2D eigenvalue weighted by Crippen LogP contribution is 2.31. The summed E-state index contributed by atoms with van der Waals surface area (Å²) >= 11 is 5.80. The van der Waals surface area contributed by atoms with E-state index in [1.165, 1.54) is 12.4 Å². The number of halogens is 3. The summed E-state index contributed by atoms with van der Waals surface area (Å²) in [5, 5.41) is 2.39. The molecule has 1 fully saturated rings. The third-order valence-electron chi connectivity index (χ3n) is 3.51. The summed E-state index contributed by atoms with van der Waals surface area (Å²) in [7, 11) is 0. The monoisotopic (exact) mass is 368 g/mol. The largest absolute Gasteiger partial charge is 0.474 e. The van der Waals surface area contributed by atoms with Crippen LogP contribution in [0.5, 0.6) is 5.88 Å². The molecule has 0 spiro atoms. The molecule has 1 N–H and O–H groups in total. The van der Waals surface area contributed by atoms with Crippen molar-refractivity contribution in [2.45, 2.75) is 38.3 Å². The highest BCUT2D eigenvalue weighted by Gasteiger charge is 2.29. The Hall–Kier alpha value is -2.35. The van der Waals surface area contributed by atoms with Gasteiger partial charge < -0.3 is 10.1 Å². The van der Waals surface area contributed by atoms with Gasteiger partial charge in [0.15, 0.2) is 0 Å². The van der Waals surface area contributed by atoms with E-state index in [1.54, 1.807) is 6.20 Å². The number of hydrogen-bond donors (Lipinski definition) is 1. The van der Waals surface area contributed by atoms with E-state index in [-0.39, 0.29) is 23.2 Å². The average Bonchev–Trinajstić information content (AvgIpc) is 3.36. The maximum absolute atomic E-state index is 13.3. The van der Waals surface area contributed by atoms with Crippen LogP contribution in [0, 0.1) is 0 Å². The van der Waals surface area contributed by atoms with Crippen molar-refractivity contribution in [2.75, 3.05) is 0 Å². The Morgan fingerprint density at radius 3 is 2.80 bits per heavy atom.